The third kappa shape index (κ3) is 55.0. The summed E-state index contributed by atoms with van der Waals surface area (Å²) in [4.78, 5) is 71.9. The van der Waals surface area contributed by atoms with E-state index in [1.165, 1.54) is 77.0 Å². The van der Waals surface area contributed by atoms with Crippen molar-refractivity contribution in [1.29, 1.82) is 0 Å². The average Bonchev–Trinajstić information content (AvgIpc) is 3.39. The summed E-state index contributed by atoms with van der Waals surface area (Å²) in [5.74, 6) is -0.0237. The first-order valence-electron chi connectivity index (χ1n) is 31.3. The second-order valence-corrected chi connectivity index (χ2v) is 26.1. The number of carbonyl (C=O) groups excluding carboxylic acids is 4. The first-order chi connectivity index (χ1) is 37.7. The minimum absolute atomic E-state index is 0.101. The third-order valence-corrected chi connectivity index (χ3v) is 15.5. The van der Waals surface area contributed by atoms with E-state index >= 15 is 0 Å². The maximum absolute atomic E-state index is 12.9. The molecule has 0 aliphatic carbocycles. The third-order valence-electron chi connectivity index (χ3n) is 13.6. The quantitative estimate of drug-likeness (QED) is 0.0222. The Morgan fingerprint density at radius 2 is 0.582 bits per heavy atom. The number of rotatable bonds is 58. The van der Waals surface area contributed by atoms with E-state index in [-0.39, 0.29) is 25.7 Å². The minimum Gasteiger partial charge on any atom is -0.462 e. The molecule has 5 atom stereocenters. The van der Waals surface area contributed by atoms with Crippen LogP contribution in [0.2, 0.25) is 0 Å². The maximum atomic E-state index is 12.9. The topological polar surface area (TPSA) is 237 Å². The number of phosphoric acid groups is 2. The molecule has 0 bridgehead atoms. The van der Waals surface area contributed by atoms with Gasteiger partial charge in [0.05, 0.1) is 26.4 Å². The molecule has 0 rings (SSSR count). The van der Waals surface area contributed by atoms with Crippen LogP contribution in [0, 0.1) is 17.8 Å². The van der Waals surface area contributed by atoms with Gasteiger partial charge >= 0.3 is 39.5 Å². The van der Waals surface area contributed by atoms with Gasteiger partial charge in [0.15, 0.2) is 12.2 Å². The van der Waals surface area contributed by atoms with Crippen LogP contribution in [0.4, 0.5) is 0 Å². The molecule has 0 fully saturated rings. The van der Waals surface area contributed by atoms with Gasteiger partial charge in [0.2, 0.25) is 0 Å². The Bertz CT molecular complexity index is 1580. The zero-order chi connectivity index (χ0) is 58.8. The van der Waals surface area contributed by atoms with Gasteiger partial charge in [-0.3, -0.25) is 37.3 Å². The van der Waals surface area contributed by atoms with Crippen molar-refractivity contribution in [2.75, 3.05) is 39.6 Å². The predicted molar refractivity (Wildman–Crippen MR) is 312 cm³/mol. The molecule has 3 N–H and O–H groups in total. The number of unbranched alkanes of at least 4 members (excludes halogenated alkanes) is 26. The van der Waals surface area contributed by atoms with Crippen molar-refractivity contribution in [3.8, 4) is 0 Å². The molecule has 468 valence electrons. The summed E-state index contributed by atoms with van der Waals surface area (Å²) in [6, 6.07) is 0. The highest BCUT2D eigenvalue weighted by molar-refractivity contribution is 7.47. The molecule has 0 saturated heterocycles. The van der Waals surface area contributed by atoms with Gasteiger partial charge in [0.25, 0.3) is 0 Å². The lowest BCUT2D eigenvalue weighted by molar-refractivity contribution is -0.161. The van der Waals surface area contributed by atoms with E-state index in [4.69, 9.17) is 37.0 Å². The van der Waals surface area contributed by atoms with Crippen LogP contribution in [0.1, 0.15) is 286 Å². The summed E-state index contributed by atoms with van der Waals surface area (Å²) < 4.78 is 67.7. The van der Waals surface area contributed by atoms with Crippen LogP contribution in [0.3, 0.4) is 0 Å². The SMILES string of the molecule is CCCCCCCCCC(=O)OC[C@H](COP(=O)(O)OC[C@H](O)COP(=O)(O)OC[C@@H](COC(=O)CCCCCCCCCC(C)C)OC(=O)CCCCCCCCCCCCC(C)C)OC(=O)CCCCCCCCC(C)C. The van der Waals surface area contributed by atoms with Crippen molar-refractivity contribution in [2.24, 2.45) is 17.8 Å². The Morgan fingerprint density at radius 3 is 0.861 bits per heavy atom. The summed E-state index contributed by atoms with van der Waals surface area (Å²) in [7, 11) is -9.87. The fourth-order valence-electron chi connectivity index (χ4n) is 8.77. The molecular formula is C60H116O17P2. The molecule has 2 unspecified atom stereocenters. The van der Waals surface area contributed by atoms with Gasteiger partial charge in [-0.05, 0) is 43.4 Å². The molecule has 0 radical (unpaired) electrons. The van der Waals surface area contributed by atoms with Crippen LogP contribution < -0.4 is 0 Å². The number of aliphatic hydroxyl groups excluding tert-OH is 1. The van der Waals surface area contributed by atoms with E-state index < -0.39 is 97.5 Å². The van der Waals surface area contributed by atoms with Crippen LogP contribution in [0.5, 0.6) is 0 Å². The van der Waals surface area contributed by atoms with Gasteiger partial charge in [-0.1, -0.05) is 235 Å². The molecule has 0 aromatic rings. The van der Waals surface area contributed by atoms with Gasteiger partial charge in [-0.15, -0.1) is 0 Å². The summed E-state index contributed by atoms with van der Waals surface area (Å²) >= 11 is 0. The molecule has 17 nitrogen and oxygen atoms in total. The normalized spacial score (nSPS) is 14.5. The molecule has 0 aromatic carbocycles. The standard InChI is InChI=1S/C60H116O17P2/c1-8-9-10-11-17-27-34-41-57(62)70-47-56(77-60(65)44-37-30-23-22-26-33-40-53(6)7)50-75-79(68,69)73-46-54(61)45-72-78(66,67)74-49-55(48-71-58(63)42-35-28-21-16-19-25-32-39-52(4)5)76-59(64)43-36-29-20-15-13-12-14-18-24-31-38-51(2)3/h51-56,61H,8-50H2,1-7H3,(H,66,67)(H,68,69)/t54-,55-,56-/m1/s1. The molecule has 0 amide bonds. The first-order valence-corrected chi connectivity index (χ1v) is 34.3. The Balaban J connectivity index is 5.22. The highest BCUT2D eigenvalue weighted by Gasteiger charge is 2.30. The molecule has 0 saturated carbocycles. The number of esters is 4. The Morgan fingerprint density at radius 1 is 0.342 bits per heavy atom. The first kappa shape index (κ1) is 77.1. The van der Waals surface area contributed by atoms with E-state index in [9.17, 15) is 43.2 Å². The van der Waals surface area contributed by atoms with E-state index in [0.29, 0.717) is 37.5 Å². The number of ether oxygens (including phenoxy) is 4. The van der Waals surface area contributed by atoms with Crippen molar-refractivity contribution < 1.29 is 80.2 Å². The van der Waals surface area contributed by atoms with Gasteiger partial charge in [-0.2, -0.15) is 0 Å². The van der Waals surface area contributed by atoms with Crippen molar-refractivity contribution in [3.05, 3.63) is 0 Å². The highest BCUT2D eigenvalue weighted by atomic mass is 31.2. The molecule has 0 spiro atoms. The minimum atomic E-state index is -4.94. The van der Waals surface area contributed by atoms with Crippen molar-refractivity contribution in [1.82, 2.24) is 0 Å². The molecule has 0 aliphatic heterocycles. The van der Waals surface area contributed by atoms with Crippen molar-refractivity contribution in [2.45, 2.75) is 304 Å². The largest absolute Gasteiger partial charge is 0.472 e. The number of phosphoric ester groups is 2. The van der Waals surface area contributed by atoms with Crippen LogP contribution in [0.25, 0.3) is 0 Å². The van der Waals surface area contributed by atoms with Gasteiger partial charge in [0, 0.05) is 25.7 Å². The van der Waals surface area contributed by atoms with Gasteiger partial charge in [0.1, 0.15) is 19.3 Å². The second kappa shape index (κ2) is 51.7. The van der Waals surface area contributed by atoms with Crippen molar-refractivity contribution in [3.63, 3.8) is 0 Å². The molecular weight excluding hydrogens is 1050 g/mol. The number of hydrogen-bond acceptors (Lipinski definition) is 15. The van der Waals surface area contributed by atoms with E-state index in [1.54, 1.807) is 0 Å². The monoisotopic (exact) mass is 1170 g/mol. The lowest BCUT2D eigenvalue weighted by Crippen LogP contribution is -2.30. The second-order valence-electron chi connectivity index (χ2n) is 23.2. The predicted octanol–water partition coefficient (Wildman–Crippen LogP) is 15.9. The fourth-order valence-corrected chi connectivity index (χ4v) is 10.4. The smallest absolute Gasteiger partial charge is 0.462 e. The number of hydrogen-bond donors (Lipinski definition) is 3. The van der Waals surface area contributed by atoms with Gasteiger partial charge < -0.3 is 33.8 Å². The fraction of sp³-hybridized carbons (Fsp3) is 0.933. The van der Waals surface area contributed by atoms with E-state index in [2.05, 4.69) is 48.5 Å². The van der Waals surface area contributed by atoms with Crippen LogP contribution in [-0.2, 0) is 65.4 Å². The van der Waals surface area contributed by atoms with Crippen LogP contribution in [-0.4, -0.2) is 96.7 Å². The van der Waals surface area contributed by atoms with E-state index in [0.717, 1.165) is 115 Å². The zero-order valence-electron chi connectivity index (χ0n) is 50.8. The van der Waals surface area contributed by atoms with Crippen molar-refractivity contribution >= 4 is 39.5 Å². The average molecular weight is 1170 g/mol. The summed E-state index contributed by atoms with van der Waals surface area (Å²) in [6.07, 6.45) is 31.1. The van der Waals surface area contributed by atoms with E-state index in [1.807, 2.05) is 0 Å². The molecule has 0 aromatic heterocycles. The maximum Gasteiger partial charge on any atom is 0.472 e. The van der Waals surface area contributed by atoms with Crippen LogP contribution >= 0.6 is 15.6 Å². The summed E-state index contributed by atoms with van der Waals surface area (Å²) in [6.45, 7) is 11.6. The van der Waals surface area contributed by atoms with Crippen LogP contribution in [0.15, 0.2) is 0 Å². The molecule has 0 heterocycles. The molecule has 79 heavy (non-hydrogen) atoms. The number of aliphatic hydroxyl groups is 1. The zero-order valence-corrected chi connectivity index (χ0v) is 52.6. The van der Waals surface area contributed by atoms with Gasteiger partial charge in [-0.25, -0.2) is 9.13 Å². The Kier molecular flexibility index (Phi) is 50.4. The molecule has 19 heteroatoms. The Labute approximate surface area is 479 Å². The Hall–Kier alpha value is -1.94. The highest BCUT2D eigenvalue weighted by Crippen LogP contribution is 2.45. The molecule has 0 aliphatic rings. The summed E-state index contributed by atoms with van der Waals surface area (Å²) in [5, 5.41) is 10.5. The lowest BCUT2D eigenvalue weighted by Gasteiger charge is -2.21. The lowest BCUT2D eigenvalue weighted by atomic mass is 10.0. The number of carbonyl (C=O) groups is 4. The summed E-state index contributed by atoms with van der Waals surface area (Å²) in [5.41, 5.74) is 0.